The van der Waals surface area contributed by atoms with Gasteiger partial charge in [0, 0.05) is 12.1 Å². The van der Waals surface area contributed by atoms with Crippen LogP contribution in [-0.2, 0) is 4.74 Å². The van der Waals surface area contributed by atoms with Gasteiger partial charge < -0.3 is 24.6 Å². The Balaban J connectivity index is 2.05. The van der Waals surface area contributed by atoms with Crippen molar-refractivity contribution in [2.24, 2.45) is 0 Å². The molecule has 1 aliphatic rings. The van der Waals surface area contributed by atoms with Crippen molar-refractivity contribution in [1.82, 2.24) is 9.55 Å². The van der Waals surface area contributed by atoms with E-state index in [4.69, 9.17) is 4.74 Å². The summed E-state index contributed by atoms with van der Waals surface area (Å²) in [5.74, 6) is 0. The molecule has 3 N–H and O–H groups in total. The molecule has 1 aromatic carbocycles. The van der Waals surface area contributed by atoms with Crippen molar-refractivity contribution < 1.29 is 25.0 Å². The van der Waals surface area contributed by atoms with E-state index in [-0.39, 0.29) is 5.69 Å². The molecule has 2 heterocycles. The van der Waals surface area contributed by atoms with Crippen LogP contribution in [0.2, 0.25) is 0 Å². The van der Waals surface area contributed by atoms with Gasteiger partial charge in [-0.05, 0) is 13.0 Å². The van der Waals surface area contributed by atoms with Gasteiger partial charge in [0.15, 0.2) is 6.23 Å². The SMILES string of the molecule is C[C@@]1(O)[C@H](O)[C@@H](CO)O[C@H]1n1cnc2cc([N+](=O)[O-])ccc21. The smallest absolute Gasteiger partial charge is 0.271 e. The molecule has 1 fully saturated rings. The van der Waals surface area contributed by atoms with Crippen molar-refractivity contribution in [3.05, 3.63) is 34.6 Å². The number of aliphatic hydroxyl groups excluding tert-OH is 2. The second kappa shape index (κ2) is 4.99. The van der Waals surface area contributed by atoms with E-state index in [1.54, 1.807) is 0 Å². The summed E-state index contributed by atoms with van der Waals surface area (Å²) in [6, 6.07) is 4.14. The molecule has 1 aliphatic heterocycles. The minimum absolute atomic E-state index is 0.0925. The lowest BCUT2D eigenvalue weighted by molar-refractivity contribution is -0.384. The standard InChI is InChI=1S/C13H15N3O6/c1-13(19)11(18)10(5-17)22-12(13)15-6-14-8-4-7(16(20)21)2-3-9(8)15/h2-4,6,10-12,17-19H,5H2,1H3/t10-,11-,12-,13-/m1/s1. The third kappa shape index (κ3) is 2.06. The first kappa shape index (κ1) is 14.9. The maximum Gasteiger partial charge on any atom is 0.271 e. The van der Waals surface area contributed by atoms with Gasteiger partial charge >= 0.3 is 0 Å². The molecule has 1 aromatic heterocycles. The Hall–Kier alpha value is -2.07. The van der Waals surface area contributed by atoms with Crippen molar-refractivity contribution in [3.8, 4) is 0 Å². The monoisotopic (exact) mass is 309 g/mol. The van der Waals surface area contributed by atoms with E-state index < -0.39 is 35.6 Å². The molecule has 4 atom stereocenters. The second-order valence-electron chi connectivity index (χ2n) is 5.46. The van der Waals surface area contributed by atoms with E-state index in [0.717, 1.165) is 0 Å². The first-order chi connectivity index (χ1) is 10.4. The van der Waals surface area contributed by atoms with Gasteiger partial charge in [-0.25, -0.2) is 4.98 Å². The Kier molecular flexibility index (Phi) is 3.37. The fourth-order valence-electron chi connectivity index (χ4n) is 2.71. The van der Waals surface area contributed by atoms with Crippen LogP contribution in [0.5, 0.6) is 0 Å². The molecule has 0 unspecified atom stereocenters. The number of hydrogen-bond donors (Lipinski definition) is 3. The van der Waals surface area contributed by atoms with Gasteiger partial charge in [0.05, 0.1) is 28.9 Å². The van der Waals surface area contributed by atoms with Gasteiger partial charge in [-0.15, -0.1) is 0 Å². The molecular weight excluding hydrogens is 294 g/mol. The Labute approximate surface area is 124 Å². The molecule has 22 heavy (non-hydrogen) atoms. The molecule has 0 radical (unpaired) electrons. The maximum absolute atomic E-state index is 10.8. The van der Waals surface area contributed by atoms with Gasteiger partial charge in [0.2, 0.25) is 0 Å². The second-order valence-corrected chi connectivity index (χ2v) is 5.46. The van der Waals surface area contributed by atoms with Gasteiger partial charge in [0.25, 0.3) is 5.69 Å². The van der Waals surface area contributed by atoms with E-state index in [0.29, 0.717) is 11.0 Å². The molecule has 2 aromatic rings. The van der Waals surface area contributed by atoms with Crippen molar-refractivity contribution >= 4 is 16.7 Å². The Morgan fingerprint density at radius 3 is 2.86 bits per heavy atom. The van der Waals surface area contributed by atoms with E-state index in [1.165, 1.54) is 36.0 Å². The number of aromatic nitrogens is 2. The highest BCUT2D eigenvalue weighted by Gasteiger charge is 2.53. The fraction of sp³-hybridized carbons (Fsp3) is 0.462. The zero-order valence-electron chi connectivity index (χ0n) is 11.7. The zero-order valence-corrected chi connectivity index (χ0v) is 11.7. The minimum Gasteiger partial charge on any atom is -0.394 e. The first-order valence-corrected chi connectivity index (χ1v) is 6.64. The molecule has 0 bridgehead atoms. The molecule has 0 spiro atoms. The summed E-state index contributed by atoms with van der Waals surface area (Å²) >= 11 is 0. The predicted octanol–water partition coefficient (Wildman–Crippen LogP) is -0.0539. The summed E-state index contributed by atoms with van der Waals surface area (Å²) in [6.07, 6.45) is -1.78. The van der Waals surface area contributed by atoms with Crippen molar-refractivity contribution in [2.75, 3.05) is 6.61 Å². The molecule has 1 saturated heterocycles. The summed E-state index contributed by atoms with van der Waals surface area (Å²) in [6.45, 7) is 0.959. The summed E-state index contributed by atoms with van der Waals surface area (Å²) in [5, 5.41) is 40.5. The number of nitro groups is 1. The van der Waals surface area contributed by atoms with E-state index in [9.17, 15) is 25.4 Å². The number of hydrogen-bond acceptors (Lipinski definition) is 7. The summed E-state index contributed by atoms with van der Waals surface area (Å²) < 4.78 is 6.99. The van der Waals surface area contributed by atoms with Crippen LogP contribution in [0.25, 0.3) is 11.0 Å². The number of imidazole rings is 1. The Morgan fingerprint density at radius 2 is 2.27 bits per heavy atom. The molecule has 118 valence electrons. The predicted molar refractivity (Wildman–Crippen MR) is 74.0 cm³/mol. The number of non-ortho nitro benzene ring substituents is 1. The highest BCUT2D eigenvalue weighted by atomic mass is 16.6. The average molecular weight is 309 g/mol. The topological polar surface area (TPSA) is 131 Å². The lowest BCUT2D eigenvalue weighted by Gasteiger charge is -2.27. The lowest BCUT2D eigenvalue weighted by Crippen LogP contribution is -2.44. The molecule has 0 saturated carbocycles. The van der Waals surface area contributed by atoms with Crippen LogP contribution >= 0.6 is 0 Å². The summed E-state index contributed by atoms with van der Waals surface area (Å²) in [4.78, 5) is 14.3. The van der Waals surface area contributed by atoms with Crippen LogP contribution in [-0.4, -0.2) is 54.2 Å². The van der Waals surface area contributed by atoms with Gasteiger partial charge in [-0.1, -0.05) is 0 Å². The number of aliphatic hydroxyl groups is 3. The van der Waals surface area contributed by atoms with E-state index in [1.807, 2.05) is 0 Å². The molecule has 0 aliphatic carbocycles. The molecule has 9 heteroatoms. The lowest BCUT2D eigenvalue weighted by atomic mass is 9.96. The number of ether oxygens (including phenoxy) is 1. The van der Waals surface area contributed by atoms with Gasteiger partial charge in [-0.3, -0.25) is 10.1 Å². The third-order valence-electron chi connectivity index (χ3n) is 3.96. The van der Waals surface area contributed by atoms with Gasteiger partial charge in [0.1, 0.15) is 17.8 Å². The normalized spacial score (nSPS) is 31.7. The highest BCUT2D eigenvalue weighted by Crippen LogP contribution is 2.39. The quantitative estimate of drug-likeness (QED) is 0.535. The molecular formula is C13H15N3O6. The number of benzene rings is 1. The number of fused-ring (bicyclic) bond motifs is 1. The van der Waals surface area contributed by atoms with Crippen molar-refractivity contribution in [1.29, 1.82) is 0 Å². The Bertz CT molecular complexity index is 728. The van der Waals surface area contributed by atoms with Gasteiger partial charge in [-0.2, -0.15) is 0 Å². The molecule has 0 amide bonds. The maximum atomic E-state index is 10.8. The average Bonchev–Trinajstić information content (AvgIpc) is 2.98. The highest BCUT2D eigenvalue weighted by molar-refractivity contribution is 5.78. The number of rotatable bonds is 3. The largest absolute Gasteiger partial charge is 0.394 e. The summed E-state index contributed by atoms with van der Waals surface area (Å²) in [5.41, 5.74) is -0.842. The van der Waals surface area contributed by atoms with Crippen LogP contribution in [0.15, 0.2) is 24.5 Å². The Morgan fingerprint density at radius 1 is 1.55 bits per heavy atom. The number of nitrogens with zero attached hydrogens (tertiary/aromatic N) is 3. The van der Waals surface area contributed by atoms with E-state index >= 15 is 0 Å². The van der Waals surface area contributed by atoms with Crippen molar-refractivity contribution in [2.45, 2.75) is 31.0 Å². The molecule has 9 nitrogen and oxygen atoms in total. The van der Waals surface area contributed by atoms with Crippen LogP contribution in [0, 0.1) is 10.1 Å². The molecule has 3 rings (SSSR count). The first-order valence-electron chi connectivity index (χ1n) is 6.64. The number of nitro benzene ring substituents is 1. The zero-order chi connectivity index (χ0) is 16.1. The van der Waals surface area contributed by atoms with Crippen LogP contribution in [0.1, 0.15) is 13.2 Å². The van der Waals surface area contributed by atoms with E-state index in [2.05, 4.69) is 4.98 Å². The third-order valence-corrected chi connectivity index (χ3v) is 3.96. The summed E-state index contributed by atoms with van der Waals surface area (Å²) in [7, 11) is 0. The van der Waals surface area contributed by atoms with Crippen molar-refractivity contribution in [3.63, 3.8) is 0 Å². The fourth-order valence-corrected chi connectivity index (χ4v) is 2.71. The minimum atomic E-state index is -1.64. The van der Waals surface area contributed by atoms with Crippen LogP contribution in [0.3, 0.4) is 0 Å². The van der Waals surface area contributed by atoms with Crippen LogP contribution < -0.4 is 0 Å². The van der Waals surface area contributed by atoms with Crippen LogP contribution in [0.4, 0.5) is 5.69 Å².